The second kappa shape index (κ2) is 5.99. The lowest BCUT2D eigenvalue weighted by Crippen LogP contribution is -2.27. The molecule has 9 heteroatoms. The monoisotopic (exact) mass is 396 g/mol. The minimum Gasteiger partial charge on any atom is -0.396 e. The summed E-state index contributed by atoms with van der Waals surface area (Å²) in [7, 11) is -2.78. The fourth-order valence-corrected chi connectivity index (χ4v) is 4.12. The normalized spacial score (nSPS) is 12.0. The quantitative estimate of drug-likeness (QED) is 0.807. The summed E-state index contributed by atoms with van der Waals surface area (Å²) in [5.74, 6) is -2.16. The lowest BCUT2D eigenvalue weighted by Gasteiger charge is -2.17. The number of thiophene rings is 1. The summed E-state index contributed by atoms with van der Waals surface area (Å²) in [6, 6.07) is 3.03. The molecule has 0 aliphatic carbocycles. The van der Waals surface area contributed by atoms with Crippen LogP contribution in [0.5, 0.6) is 0 Å². The molecule has 1 aromatic heterocycles. The Morgan fingerprint density at radius 1 is 1.29 bits per heavy atom. The van der Waals surface area contributed by atoms with Crippen molar-refractivity contribution >= 4 is 43.0 Å². The van der Waals surface area contributed by atoms with Crippen molar-refractivity contribution < 1.29 is 17.2 Å². The zero-order valence-electron chi connectivity index (χ0n) is 10.8. The van der Waals surface area contributed by atoms with Gasteiger partial charge in [0, 0.05) is 19.7 Å². The van der Waals surface area contributed by atoms with E-state index >= 15 is 0 Å². The number of sulfonamides is 1. The summed E-state index contributed by atoms with van der Waals surface area (Å²) in [4.78, 5) is -0.641. The van der Waals surface area contributed by atoms with Crippen LogP contribution in [0.25, 0.3) is 0 Å². The second-order valence-electron chi connectivity index (χ2n) is 4.32. The molecule has 0 radical (unpaired) electrons. The maximum atomic E-state index is 13.7. The largest absolute Gasteiger partial charge is 0.396 e. The first-order valence-electron chi connectivity index (χ1n) is 5.65. The first-order valence-corrected chi connectivity index (χ1v) is 8.77. The molecule has 1 heterocycles. The average molecular weight is 397 g/mol. The van der Waals surface area contributed by atoms with Gasteiger partial charge in [-0.2, -0.15) is 4.31 Å². The van der Waals surface area contributed by atoms with E-state index in [1.807, 2.05) is 0 Å². The Labute approximate surface area is 133 Å². The van der Waals surface area contributed by atoms with Crippen LogP contribution in [0.3, 0.4) is 0 Å². The van der Waals surface area contributed by atoms with Crippen LogP contribution in [-0.4, -0.2) is 19.8 Å². The highest BCUT2D eigenvalue weighted by Crippen LogP contribution is 2.26. The SMILES string of the molecule is CN(Cc1csc(Br)c1)S(=O)(=O)c1cc(N)c(F)cc1F. The van der Waals surface area contributed by atoms with Crippen molar-refractivity contribution in [3.05, 3.63) is 44.6 Å². The van der Waals surface area contributed by atoms with E-state index in [1.54, 1.807) is 11.4 Å². The van der Waals surface area contributed by atoms with E-state index in [0.29, 0.717) is 6.07 Å². The standard InChI is InChI=1S/C12H11BrF2N2O2S2/c1-17(5-7-2-12(13)20-6-7)21(18,19)11-4-10(16)8(14)3-9(11)15/h2-4,6H,5,16H2,1H3. The highest BCUT2D eigenvalue weighted by atomic mass is 79.9. The first kappa shape index (κ1) is 16.3. The van der Waals surface area contributed by atoms with Gasteiger partial charge in [-0.25, -0.2) is 17.2 Å². The predicted octanol–water partition coefficient (Wildman–Crippen LogP) is 3.19. The summed E-state index contributed by atoms with van der Waals surface area (Å²) in [6.45, 7) is 0.0706. The second-order valence-corrected chi connectivity index (χ2v) is 8.63. The Balaban J connectivity index is 2.35. The van der Waals surface area contributed by atoms with Gasteiger partial charge in [-0.1, -0.05) is 0 Å². The molecule has 0 aliphatic heterocycles. The third kappa shape index (κ3) is 3.42. The van der Waals surface area contributed by atoms with Crippen LogP contribution in [0.4, 0.5) is 14.5 Å². The number of hydrogen-bond donors (Lipinski definition) is 1. The molecule has 2 rings (SSSR count). The minimum atomic E-state index is -4.10. The molecule has 0 bridgehead atoms. The lowest BCUT2D eigenvalue weighted by molar-refractivity contribution is 0.459. The van der Waals surface area contributed by atoms with Gasteiger partial charge in [0.25, 0.3) is 0 Å². The van der Waals surface area contributed by atoms with E-state index in [-0.39, 0.29) is 6.54 Å². The topological polar surface area (TPSA) is 63.4 Å². The summed E-state index contributed by atoms with van der Waals surface area (Å²) in [5, 5.41) is 1.78. The average Bonchev–Trinajstić information content (AvgIpc) is 2.79. The molecule has 0 aliphatic rings. The molecule has 0 amide bonds. The van der Waals surface area contributed by atoms with Gasteiger partial charge in [0.1, 0.15) is 16.5 Å². The van der Waals surface area contributed by atoms with Crippen LogP contribution in [0.1, 0.15) is 5.56 Å². The third-order valence-corrected chi connectivity index (χ3v) is 6.14. The zero-order chi connectivity index (χ0) is 15.8. The molecule has 2 aromatic rings. The Kier molecular flexibility index (Phi) is 4.66. The van der Waals surface area contributed by atoms with Crippen molar-refractivity contribution in [1.82, 2.24) is 4.31 Å². The Morgan fingerprint density at radius 2 is 1.95 bits per heavy atom. The molecule has 0 spiro atoms. The molecule has 4 nitrogen and oxygen atoms in total. The van der Waals surface area contributed by atoms with Crippen molar-refractivity contribution in [2.24, 2.45) is 0 Å². The zero-order valence-corrected chi connectivity index (χ0v) is 14.0. The van der Waals surface area contributed by atoms with Crippen LogP contribution in [0.15, 0.2) is 32.3 Å². The molecular weight excluding hydrogens is 386 g/mol. The molecule has 2 N–H and O–H groups in total. The molecule has 0 unspecified atom stereocenters. The van der Waals surface area contributed by atoms with Crippen LogP contribution in [0, 0.1) is 11.6 Å². The van der Waals surface area contributed by atoms with Gasteiger partial charge in [0.2, 0.25) is 10.0 Å². The smallest absolute Gasteiger partial charge is 0.246 e. The lowest BCUT2D eigenvalue weighted by atomic mass is 10.3. The van der Waals surface area contributed by atoms with Crippen molar-refractivity contribution in [1.29, 1.82) is 0 Å². The molecular formula is C12H11BrF2N2O2S2. The highest BCUT2D eigenvalue weighted by molar-refractivity contribution is 9.11. The molecule has 0 fully saturated rings. The summed E-state index contributed by atoms with van der Waals surface area (Å²) in [6.07, 6.45) is 0. The van der Waals surface area contributed by atoms with Gasteiger partial charge >= 0.3 is 0 Å². The van der Waals surface area contributed by atoms with E-state index in [0.717, 1.165) is 19.7 Å². The molecule has 21 heavy (non-hydrogen) atoms. The van der Waals surface area contributed by atoms with Crippen molar-refractivity contribution in [2.45, 2.75) is 11.4 Å². The Hall–Kier alpha value is -1.03. The van der Waals surface area contributed by atoms with Crippen LogP contribution < -0.4 is 5.73 Å². The number of hydrogen-bond acceptors (Lipinski definition) is 4. The summed E-state index contributed by atoms with van der Waals surface area (Å²) >= 11 is 4.69. The maximum absolute atomic E-state index is 13.7. The van der Waals surface area contributed by atoms with Crippen LogP contribution in [0.2, 0.25) is 0 Å². The molecule has 114 valence electrons. The molecule has 0 atom stereocenters. The van der Waals surface area contributed by atoms with Crippen molar-refractivity contribution in [3.63, 3.8) is 0 Å². The summed E-state index contributed by atoms with van der Waals surface area (Å²) in [5.41, 5.74) is 5.66. The Morgan fingerprint density at radius 3 is 2.52 bits per heavy atom. The van der Waals surface area contributed by atoms with Gasteiger partial charge in [-0.3, -0.25) is 0 Å². The van der Waals surface area contributed by atoms with E-state index in [1.165, 1.54) is 18.4 Å². The summed E-state index contributed by atoms with van der Waals surface area (Å²) < 4.78 is 53.3. The third-order valence-electron chi connectivity index (χ3n) is 2.77. The molecule has 1 aromatic carbocycles. The number of anilines is 1. The number of rotatable bonds is 4. The number of nitrogen functional groups attached to an aromatic ring is 1. The van der Waals surface area contributed by atoms with Crippen molar-refractivity contribution in [3.8, 4) is 0 Å². The highest BCUT2D eigenvalue weighted by Gasteiger charge is 2.26. The minimum absolute atomic E-state index is 0.0706. The van der Waals surface area contributed by atoms with Crippen molar-refractivity contribution in [2.75, 3.05) is 12.8 Å². The fourth-order valence-electron chi connectivity index (χ4n) is 1.68. The fraction of sp³-hybridized carbons (Fsp3) is 0.167. The van der Waals surface area contributed by atoms with Gasteiger partial charge in [-0.05, 0) is 39.0 Å². The van der Waals surface area contributed by atoms with E-state index in [4.69, 9.17) is 5.73 Å². The number of nitrogens with zero attached hydrogens (tertiary/aromatic N) is 1. The van der Waals surface area contributed by atoms with E-state index in [2.05, 4.69) is 15.9 Å². The van der Waals surface area contributed by atoms with Gasteiger partial charge < -0.3 is 5.73 Å². The molecule has 0 saturated heterocycles. The number of benzene rings is 1. The Bertz CT molecular complexity index is 778. The number of nitrogens with two attached hydrogens (primary N) is 1. The van der Waals surface area contributed by atoms with Crippen LogP contribution in [-0.2, 0) is 16.6 Å². The van der Waals surface area contributed by atoms with E-state index in [9.17, 15) is 17.2 Å². The first-order chi connectivity index (χ1) is 9.71. The van der Waals surface area contributed by atoms with Gasteiger partial charge in [-0.15, -0.1) is 11.3 Å². The van der Waals surface area contributed by atoms with E-state index < -0.39 is 32.2 Å². The number of halogens is 3. The maximum Gasteiger partial charge on any atom is 0.246 e. The predicted molar refractivity (Wildman–Crippen MR) is 81.4 cm³/mol. The van der Waals surface area contributed by atoms with Gasteiger partial charge in [0.05, 0.1) is 9.47 Å². The molecule has 0 saturated carbocycles. The van der Waals surface area contributed by atoms with Gasteiger partial charge in [0.15, 0.2) is 0 Å². The van der Waals surface area contributed by atoms with Crippen LogP contribution >= 0.6 is 27.3 Å².